The summed E-state index contributed by atoms with van der Waals surface area (Å²) in [5, 5.41) is 6.62. The summed E-state index contributed by atoms with van der Waals surface area (Å²) in [6, 6.07) is 12.4. The fraction of sp³-hybridized carbons (Fsp3) is 0.133. The molecule has 0 radical (unpaired) electrons. The van der Waals surface area contributed by atoms with Crippen LogP contribution in [0.15, 0.2) is 52.2 Å². The average molecular weight is 304 g/mol. The summed E-state index contributed by atoms with van der Waals surface area (Å²) in [5.41, 5.74) is 2.57. The van der Waals surface area contributed by atoms with E-state index in [2.05, 4.69) is 15.1 Å². The number of methoxy groups -OCH3 is 1. The van der Waals surface area contributed by atoms with Gasteiger partial charge in [-0.1, -0.05) is 22.8 Å². The quantitative estimate of drug-likeness (QED) is 0.846. The molecule has 2 aromatic rings. The predicted octanol–water partition coefficient (Wildman–Crippen LogP) is 4.49. The highest BCUT2D eigenvalue weighted by Gasteiger charge is 2.11. The minimum Gasteiger partial charge on any atom is -0.494 e. The molecule has 2 aromatic carbocycles. The van der Waals surface area contributed by atoms with Gasteiger partial charge in [-0.05, 0) is 30.7 Å². The molecule has 0 aromatic heterocycles. The third kappa shape index (κ3) is 3.58. The minimum absolute atomic E-state index is 0.188. The zero-order valence-electron chi connectivity index (χ0n) is 11.6. The Labute approximate surface area is 127 Å². The lowest BCUT2D eigenvalue weighted by molar-refractivity contribution is 0.102. The predicted molar refractivity (Wildman–Crippen MR) is 82.5 cm³/mol. The summed E-state index contributed by atoms with van der Waals surface area (Å²) in [7, 11) is 1.51. The average Bonchev–Trinajstić information content (AvgIpc) is 2.51. The highest BCUT2D eigenvalue weighted by Crippen LogP contribution is 2.34. The molecule has 0 aliphatic rings. The molecular formula is C15H14ClN3O2. The van der Waals surface area contributed by atoms with E-state index in [0.717, 1.165) is 5.56 Å². The SMILES string of the molecule is COc1cc(NC(=O)c2ccccc2)c(C)cc1N=NCl. The number of amides is 1. The number of hydrogen-bond acceptors (Lipinski definition) is 4. The molecule has 0 fully saturated rings. The van der Waals surface area contributed by atoms with Crippen LogP contribution in [-0.4, -0.2) is 13.0 Å². The second-order valence-electron chi connectivity index (χ2n) is 4.33. The number of hydrogen-bond donors (Lipinski definition) is 1. The molecule has 1 amide bonds. The first-order chi connectivity index (χ1) is 10.2. The molecule has 0 saturated heterocycles. The molecule has 1 N–H and O–H groups in total. The van der Waals surface area contributed by atoms with Gasteiger partial charge in [0, 0.05) is 17.3 Å². The van der Waals surface area contributed by atoms with Gasteiger partial charge in [0.2, 0.25) is 0 Å². The smallest absolute Gasteiger partial charge is 0.255 e. The van der Waals surface area contributed by atoms with Crippen molar-refractivity contribution in [2.24, 2.45) is 9.75 Å². The number of carbonyl (C=O) groups is 1. The van der Waals surface area contributed by atoms with Crippen molar-refractivity contribution in [1.82, 2.24) is 0 Å². The van der Waals surface area contributed by atoms with Gasteiger partial charge in [-0.25, -0.2) is 0 Å². The fourth-order valence-corrected chi connectivity index (χ4v) is 1.96. The summed E-state index contributed by atoms with van der Waals surface area (Å²) in [4.78, 5) is 12.2. The van der Waals surface area contributed by atoms with Gasteiger partial charge in [0.15, 0.2) is 0 Å². The van der Waals surface area contributed by atoms with E-state index in [9.17, 15) is 4.79 Å². The van der Waals surface area contributed by atoms with Crippen LogP contribution in [0, 0.1) is 6.92 Å². The standard InChI is InChI=1S/C15H14ClN3O2/c1-10-8-13(18-19-16)14(21-2)9-12(10)17-15(20)11-6-4-3-5-7-11/h3-9H,1-2H3,(H,17,20). The Bertz CT molecular complexity index is 672. The van der Waals surface area contributed by atoms with E-state index in [1.54, 1.807) is 24.3 Å². The number of anilines is 1. The minimum atomic E-state index is -0.188. The first-order valence-corrected chi connectivity index (χ1v) is 6.56. The van der Waals surface area contributed by atoms with E-state index < -0.39 is 0 Å². The van der Waals surface area contributed by atoms with Gasteiger partial charge in [0.1, 0.15) is 11.4 Å². The molecule has 0 heterocycles. The van der Waals surface area contributed by atoms with E-state index in [0.29, 0.717) is 22.7 Å². The number of nitrogens with one attached hydrogen (secondary N) is 1. The van der Waals surface area contributed by atoms with Crippen molar-refractivity contribution in [1.29, 1.82) is 0 Å². The molecule has 6 heteroatoms. The fourth-order valence-electron chi connectivity index (χ4n) is 1.87. The van der Waals surface area contributed by atoms with Crippen molar-refractivity contribution in [3.63, 3.8) is 0 Å². The van der Waals surface area contributed by atoms with E-state index >= 15 is 0 Å². The second-order valence-corrected chi connectivity index (χ2v) is 4.49. The molecule has 21 heavy (non-hydrogen) atoms. The van der Waals surface area contributed by atoms with Gasteiger partial charge in [0.05, 0.1) is 18.9 Å². The summed E-state index contributed by atoms with van der Waals surface area (Å²) in [6.07, 6.45) is 0. The number of benzene rings is 2. The van der Waals surface area contributed by atoms with Crippen LogP contribution in [0.2, 0.25) is 0 Å². The second kappa shape index (κ2) is 6.85. The first-order valence-electron chi connectivity index (χ1n) is 6.22. The van der Waals surface area contributed by atoms with Crippen LogP contribution >= 0.6 is 11.8 Å². The molecule has 0 aliphatic carbocycles. The first kappa shape index (κ1) is 15.0. The Hall–Kier alpha value is -2.40. The molecule has 5 nitrogen and oxygen atoms in total. The summed E-state index contributed by atoms with van der Waals surface area (Å²) in [5.74, 6) is 0.292. The number of nitrogens with zero attached hydrogens (tertiary/aromatic N) is 2. The van der Waals surface area contributed by atoms with Gasteiger partial charge >= 0.3 is 0 Å². The van der Waals surface area contributed by atoms with E-state index in [1.165, 1.54) is 7.11 Å². The normalized spacial score (nSPS) is 10.6. The maximum absolute atomic E-state index is 12.2. The maximum Gasteiger partial charge on any atom is 0.255 e. The van der Waals surface area contributed by atoms with Crippen molar-refractivity contribution in [3.8, 4) is 5.75 Å². The lowest BCUT2D eigenvalue weighted by atomic mass is 10.1. The Balaban J connectivity index is 2.30. The Morgan fingerprint density at radius 3 is 2.57 bits per heavy atom. The number of rotatable bonds is 4. The van der Waals surface area contributed by atoms with Crippen LogP contribution in [-0.2, 0) is 0 Å². The molecule has 0 aliphatic heterocycles. The van der Waals surface area contributed by atoms with Crippen LogP contribution in [0.25, 0.3) is 0 Å². The molecule has 0 bridgehead atoms. The van der Waals surface area contributed by atoms with E-state index in [1.807, 2.05) is 25.1 Å². The lowest BCUT2D eigenvalue weighted by Gasteiger charge is -2.12. The topological polar surface area (TPSA) is 63.0 Å². The summed E-state index contributed by atoms with van der Waals surface area (Å²) >= 11 is 5.25. The largest absolute Gasteiger partial charge is 0.494 e. The number of aryl methyl sites for hydroxylation is 1. The van der Waals surface area contributed by atoms with Gasteiger partial charge in [-0.15, -0.1) is 5.11 Å². The Morgan fingerprint density at radius 1 is 1.24 bits per heavy atom. The highest BCUT2D eigenvalue weighted by atomic mass is 35.5. The molecule has 2 rings (SSSR count). The number of ether oxygens (including phenoxy) is 1. The van der Waals surface area contributed by atoms with Crippen molar-refractivity contribution in [3.05, 3.63) is 53.6 Å². The van der Waals surface area contributed by atoms with E-state index in [-0.39, 0.29) is 5.91 Å². The van der Waals surface area contributed by atoms with Crippen LogP contribution in [0.4, 0.5) is 11.4 Å². The third-order valence-corrected chi connectivity index (χ3v) is 3.03. The third-order valence-electron chi connectivity index (χ3n) is 2.96. The zero-order valence-corrected chi connectivity index (χ0v) is 12.4. The van der Waals surface area contributed by atoms with Crippen molar-refractivity contribution in [2.45, 2.75) is 6.92 Å². The lowest BCUT2D eigenvalue weighted by Crippen LogP contribution is -2.12. The van der Waals surface area contributed by atoms with Crippen LogP contribution < -0.4 is 10.1 Å². The van der Waals surface area contributed by atoms with Crippen LogP contribution in [0.1, 0.15) is 15.9 Å². The number of halogens is 1. The van der Waals surface area contributed by atoms with Gasteiger partial charge < -0.3 is 10.1 Å². The van der Waals surface area contributed by atoms with Gasteiger partial charge in [0.25, 0.3) is 5.91 Å². The molecule has 0 unspecified atom stereocenters. The van der Waals surface area contributed by atoms with Crippen molar-refractivity contribution >= 4 is 29.1 Å². The van der Waals surface area contributed by atoms with Gasteiger partial charge in [-0.2, -0.15) is 0 Å². The molecular weight excluding hydrogens is 290 g/mol. The molecule has 108 valence electrons. The van der Waals surface area contributed by atoms with Gasteiger partial charge in [-0.3, -0.25) is 4.79 Å². The van der Waals surface area contributed by atoms with Crippen molar-refractivity contribution in [2.75, 3.05) is 12.4 Å². The Kier molecular flexibility index (Phi) is 4.90. The van der Waals surface area contributed by atoms with Crippen LogP contribution in [0.5, 0.6) is 5.75 Å². The molecule has 0 atom stereocenters. The summed E-state index contributed by atoms with van der Waals surface area (Å²) < 4.78 is 8.44. The maximum atomic E-state index is 12.2. The van der Waals surface area contributed by atoms with E-state index in [4.69, 9.17) is 16.5 Å². The molecule has 0 spiro atoms. The van der Waals surface area contributed by atoms with Crippen LogP contribution in [0.3, 0.4) is 0 Å². The monoisotopic (exact) mass is 303 g/mol. The number of carbonyl (C=O) groups excluding carboxylic acids is 1. The van der Waals surface area contributed by atoms with Crippen molar-refractivity contribution < 1.29 is 9.53 Å². The highest BCUT2D eigenvalue weighted by molar-refractivity contribution is 6.14. The Morgan fingerprint density at radius 2 is 1.95 bits per heavy atom. The molecule has 0 saturated carbocycles. The summed E-state index contributed by atoms with van der Waals surface area (Å²) in [6.45, 7) is 1.85. The zero-order chi connectivity index (χ0) is 15.2.